The van der Waals surface area contributed by atoms with Gasteiger partial charge >= 0.3 is 0 Å². The molecule has 0 aliphatic carbocycles. The number of hydrogen-bond donors (Lipinski definition) is 0. The summed E-state index contributed by atoms with van der Waals surface area (Å²) in [4.78, 5) is 8.91. The zero-order valence-electron chi connectivity index (χ0n) is 26.3. The summed E-state index contributed by atoms with van der Waals surface area (Å²) in [6.45, 7) is 7.49. The second kappa shape index (κ2) is 11.4. The monoisotopic (exact) mass is 622 g/mol. The molecule has 4 heteroatoms. The lowest BCUT2D eigenvalue weighted by Gasteiger charge is -2.13. The van der Waals surface area contributed by atoms with Crippen LogP contribution in [0.1, 0.15) is 5.56 Å². The van der Waals surface area contributed by atoms with Gasteiger partial charge in [0.05, 0.1) is 35.1 Å². The van der Waals surface area contributed by atoms with E-state index in [-0.39, 0.29) is 0 Å². The van der Waals surface area contributed by atoms with Gasteiger partial charge in [0.25, 0.3) is 0 Å². The van der Waals surface area contributed by atoms with Crippen molar-refractivity contribution in [1.82, 2.24) is 9.38 Å². The lowest BCUT2D eigenvalue weighted by Crippen LogP contribution is -1.95. The second-order valence-corrected chi connectivity index (χ2v) is 12.2. The van der Waals surface area contributed by atoms with Gasteiger partial charge in [0.2, 0.25) is 0 Å². The number of hydrogen-bond acceptors (Lipinski definition) is 2. The summed E-state index contributed by atoms with van der Waals surface area (Å²) in [6.07, 6.45) is 0. The number of fused-ring (bicyclic) bond motifs is 7. The van der Waals surface area contributed by atoms with Crippen molar-refractivity contribution in [3.8, 4) is 50.8 Å². The minimum absolute atomic E-state index is 0.587. The lowest BCUT2D eigenvalue weighted by atomic mass is 9.96. The summed E-state index contributed by atoms with van der Waals surface area (Å²) in [5.41, 5.74) is 11.4. The Hall–Kier alpha value is -7.01. The predicted molar refractivity (Wildman–Crippen MR) is 200 cm³/mol. The maximum Gasteiger partial charge on any atom is 0.187 e. The SMILES string of the molecule is [C-]#[N+]c1ccc(-c2c(-c3ccc(C#N)cc3)nc3c4ccccc4c4cc(-c5ccc(-c6ccc7ccccc7c6)cc5)ccc4n23)cc1. The predicted octanol–water partition coefficient (Wildman–Crippen LogP) is 11.9. The van der Waals surface area contributed by atoms with Gasteiger partial charge in [-0.3, -0.25) is 4.40 Å². The van der Waals surface area contributed by atoms with Gasteiger partial charge in [-0.25, -0.2) is 9.83 Å². The molecule has 9 aromatic rings. The van der Waals surface area contributed by atoms with E-state index in [0.29, 0.717) is 11.3 Å². The molecular formula is C45H26N4. The molecule has 0 fully saturated rings. The molecule has 0 radical (unpaired) electrons. The number of imidazole rings is 1. The van der Waals surface area contributed by atoms with Crippen LogP contribution in [-0.2, 0) is 0 Å². The van der Waals surface area contributed by atoms with E-state index >= 15 is 0 Å². The molecule has 0 amide bonds. The van der Waals surface area contributed by atoms with E-state index in [9.17, 15) is 5.26 Å². The van der Waals surface area contributed by atoms with Crippen LogP contribution in [0.3, 0.4) is 0 Å². The smallest absolute Gasteiger partial charge is 0.187 e. The van der Waals surface area contributed by atoms with Crippen molar-refractivity contribution in [2.75, 3.05) is 0 Å². The highest BCUT2D eigenvalue weighted by atomic mass is 15.0. The van der Waals surface area contributed by atoms with E-state index in [4.69, 9.17) is 11.6 Å². The van der Waals surface area contributed by atoms with Crippen LogP contribution >= 0.6 is 0 Å². The average molecular weight is 623 g/mol. The number of pyridine rings is 1. The Morgan fingerprint density at radius 1 is 0.531 bits per heavy atom. The fraction of sp³-hybridized carbons (Fsp3) is 0. The van der Waals surface area contributed by atoms with Crippen molar-refractivity contribution in [2.45, 2.75) is 0 Å². The molecule has 2 aromatic heterocycles. The van der Waals surface area contributed by atoms with Crippen LogP contribution in [0.25, 0.3) is 87.7 Å². The number of nitrogens with zero attached hydrogens (tertiary/aromatic N) is 4. The molecule has 4 nitrogen and oxygen atoms in total. The summed E-state index contributed by atoms with van der Waals surface area (Å²) in [6, 6.07) is 56.5. The van der Waals surface area contributed by atoms with E-state index in [1.54, 1.807) is 0 Å². The van der Waals surface area contributed by atoms with Crippen LogP contribution < -0.4 is 0 Å². The molecule has 9 rings (SSSR count). The Morgan fingerprint density at radius 2 is 1.12 bits per heavy atom. The zero-order chi connectivity index (χ0) is 32.9. The molecule has 0 unspecified atom stereocenters. The van der Waals surface area contributed by atoms with Crippen molar-refractivity contribution in [2.24, 2.45) is 0 Å². The first-order chi connectivity index (χ1) is 24.2. The molecule has 0 N–H and O–H groups in total. The first-order valence-electron chi connectivity index (χ1n) is 16.1. The lowest BCUT2D eigenvalue weighted by molar-refractivity contribution is 1.27. The third-order valence-electron chi connectivity index (χ3n) is 9.43. The van der Waals surface area contributed by atoms with Gasteiger partial charge < -0.3 is 0 Å². The summed E-state index contributed by atoms with van der Waals surface area (Å²) >= 11 is 0. The molecule has 7 aromatic carbocycles. The zero-order valence-corrected chi connectivity index (χ0v) is 26.3. The third kappa shape index (κ3) is 4.71. The van der Waals surface area contributed by atoms with Crippen molar-refractivity contribution in [3.63, 3.8) is 0 Å². The van der Waals surface area contributed by atoms with Gasteiger partial charge in [-0.15, -0.1) is 0 Å². The van der Waals surface area contributed by atoms with Crippen LogP contribution in [0.2, 0.25) is 0 Å². The first kappa shape index (κ1) is 28.2. The highest BCUT2D eigenvalue weighted by Crippen LogP contribution is 2.40. The maximum absolute atomic E-state index is 9.44. The molecule has 0 atom stereocenters. The quantitative estimate of drug-likeness (QED) is 0.145. The maximum atomic E-state index is 9.44. The number of nitriles is 1. The molecule has 0 saturated heterocycles. The highest BCUT2D eigenvalue weighted by molar-refractivity contribution is 6.14. The van der Waals surface area contributed by atoms with Crippen LogP contribution in [-0.4, -0.2) is 9.38 Å². The third-order valence-corrected chi connectivity index (χ3v) is 9.43. The van der Waals surface area contributed by atoms with Gasteiger partial charge in [-0.1, -0.05) is 127 Å². The van der Waals surface area contributed by atoms with E-state index < -0.39 is 0 Å². The topological polar surface area (TPSA) is 45.5 Å². The van der Waals surface area contributed by atoms with Gasteiger partial charge in [-0.2, -0.15) is 5.26 Å². The van der Waals surface area contributed by atoms with Gasteiger partial charge in [-0.05, 0) is 74.3 Å². The fourth-order valence-corrected chi connectivity index (χ4v) is 6.96. The summed E-state index contributed by atoms with van der Waals surface area (Å²) in [5.74, 6) is 0. The summed E-state index contributed by atoms with van der Waals surface area (Å²) in [5, 5.41) is 15.2. The van der Waals surface area contributed by atoms with E-state index in [1.165, 1.54) is 21.9 Å². The van der Waals surface area contributed by atoms with Crippen LogP contribution in [0.15, 0.2) is 158 Å². The first-order valence-corrected chi connectivity index (χ1v) is 16.1. The van der Waals surface area contributed by atoms with E-state index in [0.717, 1.165) is 61.0 Å². The van der Waals surface area contributed by atoms with Gasteiger partial charge in [0, 0.05) is 16.3 Å². The second-order valence-electron chi connectivity index (χ2n) is 12.2. The van der Waals surface area contributed by atoms with Crippen LogP contribution in [0, 0.1) is 17.9 Å². The standard InChI is InChI=1S/C45H26N4/c1-47-38-23-20-34(21-24-38)44-43(33-12-10-29(28-46)11-13-33)48-45-40-9-5-4-8-39(40)41-27-37(22-25-42(41)49(44)45)32-16-14-31(15-17-32)36-19-18-30-6-2-3-7-35(30)26-36/h2-27H. The Kier molecular flexibility index (Phi) is 6.54. The van der Waals surface area contributed by atoms with Crippen molar-refractivity contribution in [1.29, 1.82) is 5.26 Å². The summed E-state index contributed by atoms with van der Waals surface area (Å²) in [7, 11) is 0. The minimum Gasteiger partial charge on any atom is -0.291 e. The number of benzene rings is 7. The minimum atomic E-state index is 0.587. The van der Waals surface area contributed by atoms with Gasteiger partial charge in [0.15, 0.2) is 5.69 Å². The van der Waals surface area contributed by atoms with E-state index in [2.05, 4.69) is 125 Å². The Bertz CT molecular complexity index is 2810. The molecular weight excluding hydrogens is 597 g/mol. The molecule has 49 heavy (non-hydrogen) atoms. The summed E-state index contributed by atoms with van der Waals surface area (Å²) < 4.78 is 2.25. The number of aromatic nitrogens is 2. The largest absolute Gasteiger partial charge is 0.291 e. The molecule has 0 spiro atoms. The molecule has 0 saturated carbocycles. The molecule has 226 valence electrons. The van der Waals surface area contributed by atoms with Crippen molar-refractivity contribution < 1.29 is 0 Å². The molecule has 2 heterocycles. The fourth-order valence-electron chi connectivity index (χ4n) is 6.96. The van der Waals surface area contributed by atoms with E-state index in [1.807, 2.05) is 48.5 Å². The van der Waals surface area contributed by atoms with Crippen molar-refractivity contribution in [3.05, 3.63) is 175 Å². The highest BCUT2D eigenvalue weighted by Gasteiger charge is 2.21. The average Bonchev–Trinajstić information content (AvgIpc) is 3.59. The molecule has 0 aliphatic rings. The Morgan fingerprint density at radius 3 is 1.84 bits per heavy atom. The normalized spacial score (nSPS) is 11.2. The number of rotatable bonds is 4. The van der Waals surface area contributed by atoms with Crippen molar-refractivity contribution >= 4 is 43.8 Å². The van der Waals surface area contributed by atoms with Crippen LogP contribution in [0.4, 0.5) is 5.69 Å². The Labute approximate surface area is 283 Å². The van der Waals surface area contributed by atoms with Crippen LogP contribution in [0.5, 0.6) is 0 Å². The molecule has 0 aliphatic heterocycles. The Balaban J connectivity index is 1.25. The molecule has 0 bridgehead atoms. The van der Waals surface area contributed by atoms with Gasteiger partial charge in [0.1, 0.15) is 5.65 Å².